The third-order valence-electron chi connectivity index (χ3n) is 5.64. The largest absolute Gasteiger partial charge is 0.328 e. The van der Waals surface area contributed by atoms with Crippen molar-refractivity contribution in [3.05, 3.63) is 46.8 Å². The van der Waals surface area contributed by atoms with Crippen LogP contribution in [0, 0.1) is 13.8 Å². The summed E-state index contributed by atoms with van der Waals surface area (Å²) in [5.74, 6) is 1.91. The van der Waals surface area contributed by atoms with Crippen LogP contribution >= 0.6 is 24.2 Å². The second-order valence-electron chi connectivity index (χ2n) is 7.45. The van der Waals surface area contributed by atoms with E-state index in [1.807, 2.05) is 28.3 Å². The van der Waals surface area contributed by atoms with E-state index >= 15 is 0 Å². The molecule has 1 amide bonds. The third kappa shape index (κ3) is 4.21. The van der Waals surface area contributed by atoms with Gasteiger partial charge < -0.3 is 10.2 Å². The van der Waals surface area contributed by atoms with Crippen molar-refractivity contribution in [2.45, 2.75) is 38.8 Å². The Morgan fingerprint density at radius 1 is 1.18 bits per heavy atom. The Labute approximate surface area is 176 Å². The highest BCUT2D eigenvalue weighted by molar-refractivity contribution is 7.99. The molecular formula is C20H28ClN5OS. The predicted octanol–water partition coefficient (Wildman–Crippen LogP) is 3.17. The number of nitrogens with zero attached hydrogens (tertiary/aromatic N) is 4. The van der Waals surface area contributed by atoms with Gasteiger partial charge in [-0.3, -0.25) is 4.79 Å². The fourth-order valence-corrected chi connectivity index (χ4v) is 5.07. The van der Waals surface area contributed by atoms with E-state index in [0.29, 0.717) is 11.7 Å². The van der Waals surface area contributed by atoms with Crippen LogP contribution in [0.4, 0.5) is 0 Å². The molecule has 0 saturated carbocycles. The van der Waals surface area contributed by atoms with Gasteiger partial charge in [-0.1, -0.05) is 35.0 Å². The SMILES string of the molecule is Cc1ccc(C2CSCCN2C(=O)c2nnn(C3CCNCC3)c2C)cc1.Cl. The Kier molecular flexibility index (Phi) is 7.01. The fraction of sp³-hybridized carbons (Fsp3) is 0.550. The molecule has 0 aliphatic carbocycles. The van der Waals surface area contributed by atoms with E-state index in [-0.39, 0.29) is 24.4 Å². The van der Waals surface area contributed by atoms with Crippen molar-refractivity contribution in [1.82, 2.24) is 25.2 Å². The van der Waals surface area contributed by atoms with Gasteiger partial charge >= 0.3 is 0 Å². The molecular weight excluding hydrogens is 394 g/mol. The molecule has 1 atom stereocenters. The number of hydrogen-bond acceptors (Lipinski definition) is 5. The maximum absolute atomic E-state index is 13.4. The zero-order chi connectivity index (χ0) is 18.8. The van der Waals surface area contributed by atoms with E-state index in [9.17, 15) is 4.79 Å². The molecule has 3 heterocycles. The topological polar surface area (TPSA) is 63.1 Å². The van der Waals surface area contributed by atoms with Crippen LogP contribution in [0.5, 0.6) is 0 Å². The van der Waals surface area contributed by atoms with Gasteiger partial charge in [0.1, 0.15) is 0 Å². The average Bonchev–Trinajstić information content (AvgIpc) is 3.10. The fourth-order valence-electron chi connectivity index (χ4n) is 3.98. The summed E-state index contributed by atoms with van der Waals surface area (Å²) in [6.07, 6.45) is 2.06. The van der Waals surface area contributed by atoms with Crippen LogP contribution in [0.1, 0.15) is 52.2 Å². The zero-order valence-electron chi connectivity index (χ0n) is 16.4. The maximum atomic E-state index is 13.4. The van der Waals surface area contributed by atoms with Crippen LogP contribution in [-0.2, 0) is 0 Å². The first-order chi connectivity index (χ1) is 13.1. The molecule has 2 aliphatic heterocycles. The first-order valence-electron chi connectivity index (χ1n) is 9.73. The van der Waals surface area contributed by atoms with Crippen LogP contribution in [0.25, 0.3) is 0 Å². The summed E-state index contributed by atoms with van der Waals surface area (Å²) in [7, 11) is 0. The van der Waals surface area contributed by atoms with E-state index in [2.05, 4.69) is 46.8 Å². The molecule has 2 aromatic rings. The van der Waals surface area contributed by atoms with Crippen molar-refractivity contribution < 1.29 is 4.79 Å². The minimum absolute atomic E-state index is 0. The number of benzene rings is 1. The molecule has 28 heavy (non-hydrogen) atoms. The van der Waals surface area contributed by atoms with Gasteiger partial charge in [0.2, 0.25) is 0 Å². The lowest BCUT2D eigenvalue weighted by Gasteiger charge is -2.35. The standard InChI is InChI=1S/C20H27N5OS.ClH/c1-14-3-5-16(6-4-14)18-13-27-12-11-24(18)20(26)19-15(2)25(23-22-19)17-7-9-21-10-8-17;/h3-6,17-18,21H,7-13H2,1-2H3;1H. The van der Waals surface area contributed by atoms with Crippen LogP contribution in [-0.4, -0.2) is 56.9 Å². The Hall–Kier alpha value is -1.57. The molecule has 2 aliphatic rings. The summed E-state index contributed by atoms with van der Waals surface area (Å²) in [6.45, 7) is 6.81. The van der Waals surface area contributed by atoms with E-state index in [1.54, 1.807) is 0 Å². The van der Waals surface area contributed by atoms with E-state index in [1.165, 1.54) is 11.1 Å². The minimum Gasteiger partial charge on any atom is -0.328 e. The average molecular weight is 422 g/mol. The van der Waals surface area contributed by atoms with Crippen LogP contribution < -0.4 is 5.32 Å². The summed E-state index contributed by atoms with van der Waals surface area (Å²) >= 11 is 1.91. The van der Waals surface area contributed by atoms with Crippen LogP contribution in [0.2, 0.25) is 0 Å². The van der Waals surface area contributed by atoms with E-state index in [4.69, 9.17) is 0 Å². The molecule has 4 rings (SSSR count). The molecule has 152 valence electrons. The zero-order valence-corrected chi connectivity index (χ0v) is 18.1. The van der Waals surface area contributed by atoms with Gasteiger partial charge in [-0.05, 0) is 45.3 Å². The third-order valence-corrected chi connectivity index (χ3v) is 6.66. The molecule has 1 N–H and O–H groups in total. The van der Waals surface area contributed by atoms with Crippen LogP contribution in [0.3, 0.4) is 0 Å². The number of halogens is 1. The van der Waals surface area contributed by atoms with Crippen molar-refractivity contribution >= 4 is 30.1 Å². The van der Waals surface area contributed by atoms with Gasteiger partial charge in [0.05, 0.1) is 17.8 Å². The molecule has 1 unspecified atom stereocenters. The molecule has 0 spiro atoms. The number of thioether (sulfide) groups is 1. The lowest BCUT2D eigenvalue weighted by Crippen LogP contribution is -2.41. The van der Waals surface area contributed by atoms with Gasteiger partial charge in [0.15, 0.2) is 5.69 Å². The number of aryl methyl sites for hydroxylation is 1. The lowest BCUT2D eigenvalue weighted by molar-refractivity contribution is 0.0694. The monoisotopic (exact) mass is 421 g/mol. The summed E-state index contributed by atoms with van der Waals surface area (Å²) in [4.78, 5) is 15.3. The number of amides is 1. The second-order valence-corrected chi connectivity index (χ2v) is 8.60. The lowest BCUT2D eigenvalue weighted by atomic mass is 10.0. The second kappa shape index (κ2) is 9.29. The molecule has 0 radical (unpaired) electrons. The predicted molar refractivity (Wildman–Crippen MR) is 115 cm³/mol. The van der Waals surface area contributed by atoms with Crippen molar-refractivity contribution in [3.63, 3.8) is 0 Å². The highest BCUT2D eigenvalue weighted by Gasteiger charge is 2.32. The normalized spacial score (nSPS) is 20.6. The number of piperidine rings is 1. The van der Waals surface area contributed by atoms with Crippen LogP contribution in [0.15, 0.2) is 24.3 Å². The first kappa shape index (κ1) is 21.1. The molecule has 8 heteroatoms. The van der Waals surface area contributed by atoms with E-state index in [0.717, 1.165) is 49.7 Å². The van der Waals surface area contributed by atoms with Gasteiger partial charge in [0, 0.05) is 18.1 Å². The van der Waals surface area contributed by atoms with Crippen molar-refractivity contribution in [1.29, 1.82) is 0 Å². The molecule has 1 aromatic carbocycles. The molecule has 2 saturated heterocycles. The van der Waals surface area contributed by atoms with Crippen molar-refractivity contribution in [3.8, 4) is 0 Å². The summed E-state index contributed by atoms with van der Waals surface area (Å²) in [5, 5.41) is 12.0. The minimum atomic E-state index is 0. The highest BCUT2D eigenvalue weighted by Crippen LogP contribution is 2.31. The Balaban J connectivity index is 0.00000225. The van der Waals surface area contributed by atoms with Crippen molar-refractivity contribution in [2.75, 3.05) is 31.1 Å². The number of aromatic nitrogens is 3. The molecule has 2 fully saturated rings. The maximum Gasteiger partial charge on any atom is 0.276 e. The quantitative estimate of drug-likeness (QED) is 0.824. The number of carbonyl (C=O) groups is 1. The van der Waals surface area contributed by atoms with Crippen molar-refractivity contribution in [2.24, 2.45) is 0 Å². The summed E-state index contributed by atoms with van der Waals surface area (Å²) in [5.41, 5.74) is 3.84. The summed E-state index contributed by atoms with van der Waals surface area (Å²) in [6, 6.07) is 8.96. The smallest absolute Gasteiger partial charge is 0.276 e. The summed E-state index contributed by atoms with van der Waals surface area (Å²) < 4.78 is 1.97. The van der Waals surface area contributed by atoms with Gasteiger partial charge in [0.25, 0.3) is 5.91 Å². The number of nitrogens with one attached hydrogen (secondary N) is 1. The Morgan fingerprint density at radius 3 is 2.61 bits per heavy atom. The first-order valence-corrected chi connectivity index (χ1v) is 10.9. The molecule has 6 nitrogen and oxygen atoms in total. The molecule has 0 bridgehead atoms. The number of hydrogen-bond donors (Lipinski definition) is 1. The van der Waals surface area contributed by atoms with Gasteiger partial charge in [-0.25, -0.2) is 4.68 Å². The highest BCUT2D eigenvalue weighted by atomic mass is 35.5. The number of carbonyl (C=O) groups excluding carboxylic acids is 1. The Bertz CT molecular complexity index is 803. The molecule has 1 aromatic heterocycles. The van der Waals surface area contributed by atoms with Gasteiger partial charge in [-0.2, -0.15) is 11.8 Å². The Morgan fingerprint density at radius 2 is 1.89 bits per heavy atom. The number of rotatable bonds is 3. The van der Waals surface area contributed by atoms with E-state index < -0.39 is 0 Å². The van der Waals surface area contributed by atoms with Gasteiger partial charge in [-0.15, -0.1) is 17.5 Å².